The normalized spacial score (nSPS) is 11.0. The summed E-state index contributed by atoms with van der Waals surface area (Å²) in [4.78, 5) is -0.0503. The first kappa shape index (κ1) is 12.2. The molecule has 0 heterocycles. The molecule has 0 fully saturated rings. The average Bonchev–Trinajstić information content (AvgIpc) is 2.07. The highest BCUT2D eigenvalue weighted by Crippen LogP contribution is 2.29. The molecule has 0 aliphatic heterocycles. The van der Waals surface area contributed by atoms with E-state index in [2.05, 4.69) is 15.9 Å². The predicted molar refractivity (Wildman–Crippen MR) is 64.6 cm³/mol. The van der Waals surface area contributed by atoms with E-state index < -0.39 is 9.05 Å². The third-order valence-corrected chi connectivity index (χ3v) is 5.63. The molecular formula is C7H2BrClINO2S. The molecule has 74 valence electrons. The number of nitriles is 1. The summed E-state index contributed by atoms with van der Waals surface area (Å²) in [6, 6.07) is 4.63. The molecule has 3 nitrogen and oxygen atoms in total. The Morgan fingerprint density at radius 3 is 2.50 bits per heavy atom. The second-order valence-electron chi connectivity index (χ2n) is 2.32. The average molecular weight is 406 g/mol. The standard InChI is InChI=1S/C7H2BrClINO2S/c8-5-1-4(3-11)2-6(7(5)10)14(9,12)13/h1-2H. The molecule has 1 aromatic carbocycles. The van der Waals surface area contributed by atoms with E-state index in [9.17, 15) is 8.42 Å². The van der Waals surface area contributed by atoms with Gasteiger partial charge >= 0.3 is 0 Å². The van der Waals surface area contributed by atoms with Crippen LogP contribution in [0.15, 0.2) is 21.5 Å². The largest absolute Gasteiger partial charge is 0.262 e. The van der Waals surface area contributed by atoms with Gasteiger partial charge in [-0.3, -0.25) is 0 Å². The molecule has 14 heavy (non-hydrogen) atoms. The lowest BCUT2D eigenvalue weighted by atomic mass is 10.2. The Bertz CT molecular complexity index is 523. The number of rotatable bonds is 1. The molecule has 0 aliphatic rings. The highest BCUT2D eigenvalue weighted by molar-refractivity contribution is 14.1. The first-order chi connectivity index (χ1) is 6.36. The van der Waals surface area contributed by atoms with E-state index >= 15 is 0 Å². The van der Waals surface area contributed by atoms with Crippen LogP contribution in [0.25, 0.3) is 0 Å². The van der Waals surface area contributed by atoms with Crippen molar-refractivity contribution < 1.29 is 8.42 Å². The molecule has 1 aromatic rings. The van der Waals surface area contributed by atoms with Crippen LogP contribution in [0.5, 0.6) is 0 Å². The fourth-order valence-electron chi connectivity index (χ4n) is 0.806. The third kappa shape index (κ3) is 2.59. The van der Waals surface area contributed by atoms with Crippen LogP contribution in [0, 0.1) is 14.9 Å². The van der Waals surface area contributed by atoms with Crippen LogP contribution in [-0.2, 0) is 9.05 Å². The fraction of sp³-hybridized carbons (Fsp3) is 0. The number of hydrogen-bond acceptors (Lipinski definition) is 3. The van der Waals surface area contributed by atoms with Gasteiger partial charge in [0.15, 0.2) is 0 Å². The van der Waals surface area contributed by atoms with Crippen LogP contribution in [0.4, 0.5) is 0 Å². The zero-order valence-electron chi connectivity index (χ0n) is 6.46. The molecule has 0 aliphatic carbocycles. The van der Waals surface area contributed by atoms with E-state index in [1.54, 1.807) is 0 Å². The van der Waals surface area contributed by atoms with Gasteiger partial charge in [-0.15, -0.1) is 0 Å². The maximum atomic E-state index is 11.1. The van der Waals surface area contributed by atoms with Gasteiger partial charge < -0.3 is 0 Å². The van der Waals surface area contributed by atoms with Crippen LogP contribution >= 0.6 is 49.2 Å². The summed E-state index contributed by atoms with van der Waals surface area (Å²) in [5.74, 6) is 0. The Morgan fingerprint density at radius 1 is 1.50 bits per heavy atom. The first-order valence-electron chi connectivity index (χ1n) is 3.20. The second-order valence-corrected chi connectivity index (χ2v) is 6.79. The molecule has 0 radical (unpaired) electrons. The quantitative estimate of drug-likeness (QED) is 0.532. The Labute approximate surface area is 108 Å². The molecule has 0 saturated carbocycles. The summed E-state index contributed by atoms with van der Waals surface area (Å²) >= 11 is 4.99. The lowest BCUT2D eigenvalue weighted by molar-refractivity contribution is 0.609. The van der Waals surface area contributed by atoms with Crippen molar-refractivity contribution >= 4 is 58.3 Å². The fourth-order valence-corrected chi connectivity index (χ4v) is 3.93. The van der Waals surface area contributed by atoms with E-state index in [0.29, 0.717) is 8.04 Å². The molecule has 0 saturated heterocycles. The molecule has 7 heteroatoms. The van der Waals surface area contributed by atoms with Crippen molar-refractivity contribution in [2.45, 2.75) is 4.90 Å². The molecular weight excluding hydrogens is 404 g/mol. The van der Waals surface area contributed by atoms with Crippen LogP contribution in [0.2, 0.25) is 0 Å². The summed E-state index contributed by atoms with van der Waals surface area (Å²) in [5.41, 5.74) is 0.247. The van der Waals surface area contributed by atoms with Gasteiger partial charge in [0.2, 0.25) is 0 Å². The molecule has 0 bridgehead atoms. The van der Waals surface area contributed by atoms with Crippen molar-refractivity contribution in [3.63, 3.8) is 0 Å². The Kier molecular flexibility index (Phi) is 3.80. The van der Waals surface area contributed by atoms with Crippen LogP contribution < -0.4 is 0 Å². The number of benzene rings is 1. The van der Waals surface area contributed by atoms with Crippen molar-refractivity contribution in [2.75, 3.05) is 0 Å². The second kappa shape index (κ2) is 4.35. The topological polar surface area (TPSA) is 57.9 Å². The van der Waals surface area contributed by atoms with Crippen LogP contribution in [0.1, 0.15) is 5.56 Å². The number of halogens is 3. The van der Waals surface area contributed by atoms with Crippen molar-refractivity contribution in [3.8, 4) is 6.07 Å². The van der Waals surface area contributed by atoms with Crippen LogP contribution in [-0.4, -0.2) is 8.42 Å². The first-order valence-corrected chi connectivity index (χ1v) is 7.38. The van der Waals surface area contributed by atoms with E-state index in [0.717, 1.165) is 0 Å². The van der Waals surface area contributed by atoms with Gasteiger partial charge in [-0.25, -0.2) is 8.42 Å². The zero-order chi connectivity index (χ0) is 10.9. The van der Waals surface area contributed by atoms with Crippen LogP contribution in [0.3, 0.4) is 0 Å². The summed E-state index contributed by atoms with van der Waals surface area (Å²) in [7, 11) is 1.40. The third-order valence-electron chi connectivity index (χ3n) is 1.39. The van der Waals surface area contributed by atoms with Crippen molar-refractivity contribution in [1.29, 1.82) is 5.26 Å². The Balaban J connectivity index is 3.61. The van der Waals surface area contributed by atoms with Gasteiger partial charge in [0.05, 0.1) is 16.5 Å². The highest BCUT2D eigenvalue weighted by Gasteiger charge is 2.17. The van der Waals surface area contributed by atoms with Crippen molar-refractivity contribution in [2.24, 2.45) is 0 Å². The van der Waals surface area contributed by atoms with Crippen molar-refractivity contribution in [1.82, 2.24) is 0 Å². The molecule has 0 unspecified atom stereocenters. The minimum absolute atomic E-state index is 0.0503. The van der Waals surface area contributed by atoms with E-state index in [1.807, 2.05) is 28.7 Å². The maximum absolute atomic E-state index is 11.1. The molecule has 0 N–H and O–H groups in total. The predicted octanol–water partition coefficient (Wildman–Crippen LogP) is 2.85. The van der Waals surface area contributed by atoms with Gasteiger partial charge in [0.1, 0.15) is 0 Å². The minimum atomic E-state index is -3.80. The maximum Gasteiger partial charge on any atom is 0.262 e. The summed E-state index contributed by atoms with van der Waals surface area (Å²) in [6.45, 7) is 0. The van der Waals surface area contributed by atoms with E-state index in [1.165, 1.54) is 12.1 Å². The Morgan fingerprint density at radius 2 is 2.07 bits per heavy atom. The molecule has 0 spiro atoms. The molecule has 0 amide bonds. The highest BCUT2D eigenvalue weighted by atomic mass is 127. The monoisotopic (exact) mass is 405 g/mol. The summed E-state index contributed by atoms with van der Waals surface area (Å²) in [5, 5.41) is 8.63. The van der Waals surface area contributed by atoms with Gasteiger partial charge in [-0.2, -0.15) is 5.26 Å². The van der Waals surface area contributed by atoms with E-state index in [-0.39, 0.29) is 10.5 Å². The molecule has 0 atom stereocenters. The Hall–Kier alpha value is 0.160. The smallest absolute Gasteiger partial charge is 0.207 e. The minimum Gasteiger partial charge on any atom is -0.207 e. The number of hydrogen-bond donors (Lipinski definition) is 0. The van der Waals surface area contributed by atoms with Gasteiger partial charge in [-0.05, 0) is 50.7 Å². The van der Waals surface area contributed by atoms with E-state index in [4.69, 9.17) is 15.9 Å². The summed E-state index contributed by atoms with van der Waals surface area (Å²) < 4.78 is 23.2. The number of nitrogens with zero attached hydrogens (tertiary/aromatic N) is 1. The van der Waals surface area contributed by atoms with Gasteiger partial charge in [0.25, 0.3) is 9.05 Å². The van der Waals surface area contributed by atoms with Gasteiger partial charge in [-0.1, -0.05) is 0 Å². The SMILES string of the molecule is N#Cc1cc(Br)c(I)c(S(=O)(=O)Cl)c1. The lowest BCUT2D eigenvalue weighted by Crippen LogP contribution is -1.96. The van der Waals surface area contributed by atoms with Gasteiger partial charge in [0, 0.05) is 18.7 Å². The zero-order valence-corrected chi connectivity index (χ0v) is 11.8. The lowest BCUT2D eigenvalue weighted by Gasteiger charge is -2.03. The molecule has 0 aromatic heterocycles. The molecule has 1 rings (SSSR count). The van der Waals surface area contributed by atoms with Crippen molar-refractivity contribution in [3.05, 3.63) is 25.7 Å². The summed E-state index contributed by atoms with van der Waals surface area (Å²) in [6.07, 6.45) is 0.